The fraction of sp³-hybridized carbons (Fsp3) is 0.560. The van der Waals surface area contributed by atoms with E-state index in [0.717, 1.165) is 67.0 Å². The molecule has 2 aliphatic heterocycles. The molecule has 5 rings (SSSR count). The molecule has 2 fully saturated rings. The Balaban J connectivity index is 1.49. The monoisotopic (exact) mass is 498 g/mol. The molecule has 0 aromatic carbocycles. The minimum absolute atomic E-state index is 0.341. The van der Waals surface area contributed by atoms with E-state index in [-0.39, 0.29) is 0 Å². The fourth-order valence-electron chi connectivity index (χ4n) is 4.97. The molecule has 188 valence electrons. The molecule has 10 heteroatoms. The number of methoxy groups -OCH3 is 1. The third-order valence-corrected chi connectivity index (χ3v) is 8.12. The number of morpholine rings is 1. The van der Waals surface area contributed by atoms with Gasteiger partial charge in [-0.1, -0.05) is 0 Å². The van der Waals surface area contributed by atoms with Gasteiger partial charge >= 0.3 is 0 Å². The van der Waals surface area contributed by atoms with Crippen LogP contribution in [0.4, 0.5) is 11.6 Å². The van der Waals surface area contributed by atoms with E-state index < -0.39 is 5.60 Å². The van der Waals surface area contributed by atoms with Crippen molar-refractivity contribution in [3.63, 3.8) is 0 Å². The zero-order valence-electron chi connectivity index (χ0n) is 20.7. The number of piperidine rings is 1. The molecule has 3 aromatic heterocycles. The normalized spacial score (nSPS) is 18.3. The second kappa shape index (κ2) is 9.85. The van der Waals surface area contributed by atoms with Gasteiger partial charge in [-0.3, -0.25) is 4.90 Å². The van der Waals surface area contributed by atoms with Crippen LogP contribution in [0, 0.1) is 5.92 Å². The van der Waals surface area contributed by atoms with E-state index in [4.69, 9.17) is 25.2 Å². The molecule has 0 aliphatic carbocycles. The lowest BCUT2D eigenvalue weighted by atomic mass is 9.83. The first-order chi connectivity index (χ1) is 16.8. The SMILES string of the molecule is COc1ncc(-c2nc(N3CCOCC3)nc3c(CN4CCC(C(C)(C)O)CC4)csc23)cc1N. The van der Waals surface area contributed by atoms with Crippen molar-refractivity contribution in [1.29, 1.82) is 0 Å². The highest BCUT2D eigenvalue weighted by atomic mass is 32.1. The van der Waals surface area contributed by atoms with Gasteiger partial charge < -0.3 is 25.2 Å². The minimum Gasteiger partial charge on any atom is -0.480 e. The molecule has 5 heterocycles. The summed E-state index contributed by atoms with van der Waals surface area (Å²) in [4.78, 5) is 19.1. The molecule has 0 atom stereocenters. The fourth-order valence-corrected chi connectivity index (χ4v) is 5.98. The summed E-state index contributed by atoms with van der Waals surface area (Å²) in [6.07, 6.45) is 3.77. The number of nitrogens with zero attached hydrogens (tertiary/aromatic N) is 5. The summed E-state index contributed by atoms with van der Waals surface area (Å²) in [5, 5.41) is 12.6. The highest BCUT2D eigenvalue weighted by Gasteiger charge is 2.31. The summed E-state index contributed by atoms with van der Waals surface area (Å²) in [6.45, 7) is 9.48. The van der Waals surface area contributed by atoms with Crippen LogP contribution in [0.15, 0.2) is 17.6 Å². The lowest BCUT2D eigenvalue weighted by Gasteiger charge is -2.37. The Morgan fingerprint density at radius 1 is 1.20 bits per heavy atom. The Labute approximate surface area is 209 Å². The summed E-state index contributed by atoms with van der Waals surface area (Å²) >= 11 is 1.67. The smallest absolute Gasteiger partial charge is 0.236 e. The third-order valence-electron chi connectivity index (χ3n) is 7.10. The molecule has 0 bridgehead atoms. The number of nitrogen functional groups attached to an aromatic ring is 1. The van der Waals surface area contributed by atoms with E-state index in [1.54, 1.807) is 24.6 Å². The Morgan fingerprint density at radius 3 is 2.60 bits per heavy atom. The highest BCUT2D eigenvalue weighted by Crippen LogP contribution is 2.37. The number of anilines is 2. The summed E-state index contributed by atoms with van der Waals surface area (Å²) in [5.41, 5.74) is 9.94. The number of hydrogen-bond donors (Lipinski definition) is 2. The number of likely N-dealkylation sites (tertiary alicyclic amines) is 1. The van der Waals surface area contributed by atoms with E-state index in [2.05, 4.69) is 20.2 Å². The van der Waals surface area contributed by atoms with E-state index in [1.807, 2.05) is 19.9 Å². The number of hydrogen-bond acceptors (Lipinski definition) is 10. The predicted molar refractivity (Wildman–Crippen MR) is 139 cm³/mol. The van der Waals surface area contributed by atoms with Crippen LogP contribution in [-0.2, 0) is 11.3 Å². The predicted octanol–water partition coefficient (Wildman–Crippen LogP) is 3.16. The van der Waals surface area contributed by atoms with E-state index in [0.29, 0.717) is 36.6 Å². The summed E-state index contributed by atoms with van der Waals surface area (Å²) in [7, 11) is 1.56. The van der Waals surface area contributed by atoms with Crippen LogP contribution in [-0.4, -0.2) is 77.1 Å². The van der Waals surface area contributed by atoms with Crippen molar-refractivity contribution < 1.29 is 14.6 Å². The van der Waals surface area contributed by atoms with Gasteiger partial charge in [0.25, 0.3) is 0 Å². The average molecular weight is 499 g/mol. The van der Waals surface area contributed by atoms with Gasteiger partial charge in [0.15, 0.2) is 0 Å². The van der Waals surface area contributed by atoms with Crippen LogP contribution in [0.5, 0.6) is 5.88 Å². The molecule has 2 saturated heterocycles. The Morgan fingerprint density at radius 2 is 1.94 bits per heavy atom. The number of aliphatic hydroxyl groups is 1. The van der Waals surface area contributed by atoms with Gasteiger partial charge in [-0.2, -0.15) is 0 Å². The van der Waals surface area contributed by atoms with Gasteiger partial charge in [0.1, 0.15) is 0 Å². The van der Waals surface area contributed by atoms with Gasteiger partial charge in [0, 0.05) is 37.0 Å². The molecule has 0 amide bonds. The third kappa shape index (κ3) is 5.06. The zero-order chi connectivity index (χ0) is 24.6. The number of rotatable bonds is 6. The highest BCUT2D eigenvalue weighted by molar-refractivity contribution is 7.17. The molecule has 2 aliphatic rings. The molecule has 0 radical (unpaired) electrons. The minimum atomic E-state index is -0.620. The average Bonchev–Trinajstić information content (AvgIpc) is 3.26. The van der Waals surface area contributed by atoms with Crippen LogP contribution >= 0.6 is 11.3 Å². The lowest BCUT2D eigenvalue weighted by Crippen LogP contribution is -2.41. The van der Waals surface area contributed by atoms with Crippen molar-refractivity contribution in [2.75, 3.05) is 57.1 Å². The molecular formula is C25H34N6O3S. The summed E-state index contributed by atoms with van der Waals surface area (Å²) in [5.74, 6) is 1.47. The Hall–Kier alpha value is -2.53. The van der Waals surface area contributed by atoms with Crippen molar-refractivity contribution >= 4 is 33.2 Å². The van der Waals surface area contributed by atoms with E-state index in [1.165, 1.54) is 5.56 Å². The van der Waals surface area contributed by atoms with Gasteiger partial charge in [0.2, 0.25) is 11.8 Å². The van der Waals surface area contributed by atoms with Crippen molar-refractivity contribution in [3.8, 4) is 17.1 Å². The van der Waals surface area contributed by atoms with Gasteiger partial charge in [-0.15, -0.1) is 11.3 Å². The lowest BCUT2D eigenvalue weighted by molar-refractivity contribution is -0.0135. The second-order valence-corrected chi connectivity index (χ2v) is 10.8. The first-order valence-electron chi connectivity index (χ1n) is 12.2. The molecular weight excluding hydrogens is 464 g/mol. The van der Waals surface area contributed by atoms with Gasteiger partial charge in [0.05, 0.1) is 47.5 Å². The first-order valence-corrected chi connectivity index (χ1v) is 13.1. The largest absolute Gasteiger partial charge is 0.480 e. The topological polar surface area (TPSA) is 110 Å². The maximum absolute atomic E-state index is 10.4. The molecule has 9 nitrogen and oxygen atoms in total. The maximum Gasteiger partial charge on any atom is 0.236 e. The summed E-state index contributed by atoms with van der Waals surface area (Å²) in [6, 6.07) is 1.87. The Kier molecular flexibility index (Phi) is 6.80. The number of aromatic nitrogens is 3. The van der Waals surface area contributed by atoms with Gasteiger partial charge in [-0.25, -0.2) is 15.0 Å². The number of nitrogens with two attached hydrogens (primary N) is 1. The van der Waals surface area contributed by atoms with Crippen molar-refractivity contribution in [3.05, 3.63) is 23.2 Å². The number of pyridine rings is 1. The van der Waals surface area contributed by atoms with Crippen LogP contribution in [0.3, 0.4) is 0 Å². The van der Waals surface area contributed by atoms with Crippen molar-refractivity contribution in [2.24, 2.45) is 5.92 Å². The molecule has 3 aromatic rings. The van der Waals surface area contributed by atoms with E-state index in [9.17, 15) is 5.11 Å². The molecule has 3 N–H and O–H groups in total. The van der Waals surface area contributed by atoms with Crippen LogP contribution in [0.25, 0.3) is 21.5 Å². The number of thiophene rings is 1. The maximum atomic E-state index is 10.4. The standard InChI is InChI=1S/C25H34N6O3S/c1-25(2,32)18-4-6-30(7-5-18)14-17-15-35-22-20(16-12-19(26)23(33-3)27-13-16)28-24(29-21(17)22)31-8-10-34-11-9-31/h12-13,15,18,32H,4-11,14,26H2,1-3H3. The molecule has 0 saturated carbocycles. The second-order valence-electron chi connectivity index (χ2n) is 9.94. The molecule has 35 heavy (non-hydrogen) atoms. The quantitative estimate of drug-likeness (QED) is 0.529. The van der Waals surface area contributed by atoms with Crippen LogP contribution < -0.4 is 15.4 Å². The van der Waals surface area contributed by atoms with Crippen LogP contribution in [0.1, 0.15) is 32.3 Å². The van der Waals surface area contributed by atoms with E-state index >= 15 is 0 Å². The van der Waals surface area contributed by atoms with Gasteiger partial charge in [-0.05, 0) is 57.1 Å². The van der Waals surface area contributed by atoms with Crippen molar-refractivity contribution in [2.45, 2.75) is 38.8 Å². The molecule has 0 spiro atoms. The Bertz CT molecular complexity index is 1180. The molecule has 0 unspecified atom stereocenters. The number of fused-ring (bicyclic) bond motifs is 1. The van der Waals surface area contributed by atoms with Crippen LogP contribution in [0.2, 0.25) is 0 Å². The number of ether oxygens (including phenoxy) is 2. The summed E-state index contributed by atoms with van der Waals surface area (Å²) < 4.78 is 11.8. The first kappa shape index (κ1) is 24.2. The van der Waals surface area contributed by atoms with Crippen molar-refractivity contribution in [1.82, 2.24) is 19.9 Å². The zero-order valence-corrected chi connectivity index (χ0v) is 21.5.